The molecule has 3 nitrogen and oxygen atoms in total. The van der Waals surface area contributed by atoms with Crippen LogP contribution in [0.4, 0.5) is 0 Å². The van der Waals surface area contributed by atoms with Gasteiger partial charge in [0.25, 0.3) is 0 Å². The number of thiazole rings is 1. The van der Waals surface area contributed by atoms with E-state index in [0.717, 1.165) is 22.0 Å². The summed E-state index contributed by atoms with van der Waals surface area (Å²) in [4.78, 5) is 4.76. The molecule has 1 unspecified atom stereocenters. The molecule has 21 heavy (non-hydrogen) atoms. The smallest absolute Gasteiger partial charge is 0.122 e. The Morgan fingerprint density at radius 1 is 1.19 bits per heavy atom. The lowest BCUT2D eigenvalue weighted by molar-refractivity contribution is 0.399. The van der Waals surface area contributed by atoms with Crippen molar-refractivity contribution in [3.8, 4) is 5.75 Å². The molecule has 114 valence electrons. The molecule has 0 radical (unpaired) electrons. The van der Waals surface area contributed by atoms with Gasteiger partial charge in [-0.15, -0.1) is 11.3 Å². The van der Waals surface area contributed by atoms with Crippen molar-refractivity contribution in [2.45, 2.75) is 45.1 Å². The van der Waals surface area contributed by atoms with Gasteiger partial charge in [-0.1, -0.05) is 39.0 Å². The zero-order valence-electron chi connectivity index (χ0n) is 13.4. The highest BCUT2D eigenvalue weighted by Gasteiger charge is 2.28. The van der Waals surface area contributed by atoms with Gasteiger partial charge in [-0.05, 0) is 18.6 Å². The maximum absolute atomic E-state index is 6.54. The highest BCUT2D eigenvalue weighted by Crippen LogP contribution is 2.32. The molecule has 1 heterocycles. The van der Waals surface area contributed by atoms with Gasteiger partial charge in [0.15, 0.2) is 0 Å². The van der Waals surface area contributed by atoms with E-state index in [1.54, 1.807) is 18.4 Å². The summed E-state index contributed by atoms with van der Waals surface area (Å²) in [5, 5.41) is 3.08. The first kappa shape index (κ1) is 16.0. The van der Waals surface area contributed by atoms with Gasteiger partial charge in [-0.25, -0.2) is 4.98 Å². The van der Waals surface area contributed by atoms with Crippen LogP contribution >= 0.6 is 11.3 Å². The Morgan fingerprint density at radius 3 is 2.43 bits per heavy atom. The number of aromatic nitrogens is 1. The van der Waals surface area contributed by atoms with Crippen molar-refractivity contribution in [3.63, 3.8) is 0 Å². The van der Waals surface area contributed by atoms with E-state index < -0.39 is 5.54 Å². The summed E-state index contributed by atoms with van der Waals surface area (Å²) in [6.45, 7) is 8.53. The van der Waals surface area contributed by atoms with Crippen LogP contribution in [0.2, 0.25) is 0 Å². The van der Waals surface area contributed by atoms with Crippen LogP contribution in [0.15, 0.2) is 29.6 Å². The third-order valence-corrected chi connectivity index (χ3v) is 4.63. The molecular formula is C17H24N2OS. The SMILES string of the molecule is COc1ccccc1CC(C)(N)c1nc(C(C)(C)C)cs1. The third-order valence-electron chi connectivity index (χ3n) is 3.51. The van der Waals surface area contributed by atoms with E-state index in [1.165, 1.54) is 0 Å². The van der Waals surface area contributed by atoms with E-state index in [4.69, 9.17) is 15.5 Å². The summed E-state index contributed by atoms with van der Waals surface area (Å²) in [6, 6.07) is 8.00. The van der Waals surface area contributed by atoms with Gasteiger partial charge in [-0.2, -0.15) is 0 Å². The number of hydrogen-bond donors (Lipinski definition) is 1. The molecular weight excluding hydrogens is 280 g/mol. The Morgan fingerprint density at radius 2 is 1.86 bits per heavy atom. The first-order valence-electron chi connectivity index (χ1n) is 7.11. The summed E-state index contributed by atoms with van der Waals surface area (Å²) in [5.74, 6) is 0.877. The van der Waals surface area contributed by atoms with Gasteiger partial charge >= 0.3 is 0 Å². The highest BCUT2D eigenvalue weighted by molar-refractivity contribution is 7.09. The second-order valence-corrected chi connectivity index (χ2v) is 7.55. The van der Waals surface area contributed by atoms with Crippen LogP contribution in [0, 0.1) is 0 Å². The molecule has 1 atom stereocenters. The van der Waals surface area contributed by atoms with Crippen LogP contribution in [0.3, 0.4) is 0 Å². The summed E-state index contributed by atoms with van der Waals surface area (Å²) in [5.41, 5.74) is 8.30. The van der Waals surface area contributed by atoms with Crippen LogP contribution in [-0.4, -0.2) is 12.1 Å². The molecule has 0 bridgehead atoms. The van der Waals surface area contributed by atoms with Crippen molar-refractivity contribution in [1.82, 2.24) is 4.98 Å². The quantitative estimate of drug-likeness (QED) is 0.933. The van der Waals surface area contributed by atoms with Crippen LogP contribution in [0.25, 0.3) is 0 Å². The summed E-state index contributed by atoms with van der Waals surface area (Å²) < 4.78 is 5.41. The normalized spacial score (nSPS) is 14.8. The van der Waals surface area contributed by atoms with Gasteiger partial charge in [-0.3, -0.25) is 0 Å². The van der Waals surface area contributed by atoms with Crippen molar-refractivity contribution >= 4 is 11.3 Å². The lowest BCUT2D eigenvalue weighted by Crippen LogP contribution is -2.35. The van der Waals surface area contributed by atoms with Crippen molar-refractivity contribution < 1.29 is 4.74 Å². The second kappa shape index (κ2) is 5.78. The van der Waals surface area contributed by atoms with Gasteiger partial charge in [0.1, 0.15) is 10.8 Å². The predicted molar refractivity (Wildman–Crippen MR) is 89.1 cm³/mol. The molecule has 2 rings (SSSR count). The average molecular weight is 304 g/mol. The Kier molecular flexibility index (Phi) is 4.40. The molecule has 0 fully saturated rings. The molecule has 0 saturated heterocycles. The molecule has 0 aliphatic carbocycles. The van der Waals surface area contributed by atoms with E-state index in [2.05, 4.69) is 32.2 Å². The Balaban J connectivity index is 2.28. The Bertz CT molecular complexity index is 611. The van der Waals surface area contributed by atoms with E-state index >= 15 is 0 Å². The zero-order chi connectivity index (χ0) is 15.7. The van der Waals surface area contributed by atoms with Crippen LogP contribution in [0.5, 0.6) is 5.75 Å². The van der Waals surface area contributed by atoms with Gasteiger partial charge < -0.3 is 10.5 Å². The van der Waals surface area contributed by atoms with E-state index in [0.29, 0.717) is 6.42 Å². The monoisotopic (exact) mass is 304 g/mol. The average Bonchev–Trinajstić information content (AvgIpc) is 2.89. The Hall–Kier alpha value is -1.39. The highest BCUT2D eigenvalue weighted by atomic mass is 32.1. The molecule has 0 aliphatic rings. The van der Waals surface area contributed by atoms with Crippen molar-refractivity contribution in [3.05, 3.63) is 45.9 Å². The number of hydrogen-bond acceptors (Lipinski definition) is 4. The minimum atomic E-state index is -0.497. The number of rotatable bonds is 4. The minimum Gasteiger partial charge on any atom is -0.496 e. The van der Waals surface area contributed by atoms with Crippen molar-refractivity contribution in [1.29, 1.82) is 0 Å². The minimum absolute atomic E-state index is 0.0509. The molecule has 2 aromatic rings. The first-order chi connectivity index (χ1) is 9.74. The van der Waals surface area contributed by atoms with Gasteiger partial charge in [0, 0.05) is 17.2 Å². The zero-order valence-corrected chi connectivity index (χ0v) is 14.3. The van der Waals surface area contributed by atoms with Crippen LogP contribution in [0.1, 0.15) is 44.0 Å². The van der Waals surface area contributed by atoms with E-state index in [9.17, 15) is 0 Å². The fraction of sp³-hybridized carbons (Fsp3) is 0.471. The summed E-state index contributed by atoms with van der Waals surface area (Å²) in [6.07, 6.45) is 0.702. The third kappa shape index (κ3) is 3.63. The topological polar surface area (TPSA) is 48.1 Å². The second-order valence-electron chi connectivity index (χ2n) is 6.69. The largest absolute Gasteiger partial charge is 0.496 e. The first-order valence-corrected chi connectivity index (χ1v) is 7.99. The Labute approximate surface area is 131 Å². The van der Waals surface area contributed by atoms with Gasteiger partial charge in [0.2, 0.25) is 0 Å². The molecule has 0 spiro atoms. The molecule has 1 aromatic heterocycles. The molecule has 2 N–H and O–H groups in total. The van der Waals surface area contributed by atoms with Crippen molar-refractivity contribution in [2.75, 3.05) is 7.11 Å². The molecule has 0 saturated carbocycles. The van der Waals surface area contributed by atoms with Crippen LogP contribution in [-0.2, 0) is 17.4 Å². The van der Waals surface area contributed by atoms with E-state index in [1.807, 2.05) is 25.1 Å². The maximum atomic E-state index is 6.54. The molecule has 0 aliphatic heterocycles. The molecule has 1 aromatic carbocycles. The number of nitrogens with zero attached hydrogens (tertiary/aromatic N) is 1. The number of ether oxygens (including phenoxy) is 1. The fourth-order valence-corrected chi connectivity index (χ4v) is 3.32. The lowest BCUT2D eigenvalue weighted by Gasteiger charge is -2.23. The van der Waals surface area contributed by atoms with Crippen LogP contribution < -0.4 is 10.5 Å². The molecule has 4 heteroatoms. The van der Waals surface area contributed by atoms with Gasteiger partial charge in [0.05, 0.1) is 18.3 Å². The van der Waals surface area contributed by atoms with Crippen molar-refractivity contribution in [2.24, 2.45) is 5.73 Å². The standard InChI is InChI=1S/C17H24N2OS/c1-16(2,3)14-11-21-15(19-14)17(4,18)10-12-8-6-7-9-13(12)20-5/h6-9,11H,10,18H2,1-5H3. The predicted octanol–water partition coefficient (Wildman–Crippen LogP) is 3.87. The fourth-order valence-electron chi connectivity index (χ4n) is 2.20. The number of para-hydroxylation sites is 1. The molecule has 0 amide bonds. The number of nitrogens with two attached hydrogens (primary N) is 1. The lowest BCUT2D eigenvalue weighted by atomic mass is 9.92. The summed E-state index contributed by atoms with van der Waals surface area (Å²) >= 11 is 1.64. The maximum Gasteiger partial charge on any atom is 0.122 e. The number of benzene rings is 1. The van der Waals surface area contributed by atoms with E-state index in [-0.39, 0.29) is 5.41 Å². The number of methoxy groups -OCH3 is 1. The summed E-state index contributed by atoms with van der Waals surface area (Å²) in [7, 11) is 1.69.